The van der Waals surface area contributed by atoms with Crippen molar-refractivity contribution in [1.29, 1.82) is 0 Å². The number of carboxylic acids is 1. The number of aromatic carboxylic acids is 1. The Labute approximate surface area is 129 Å². The first-order valence-corrected chi connectivity index (χ1v) is 6.47. The Morgan fingerprint density at radius 3 is 2.38 bits per heavy atom. The molecule has 0 saturated heterocycles. The summed E-state index contributed by atoms with van der Waals surface area (Å²) in [6, 6.07) is 8.08. The van der Waals surface area contributed by atoms with Gasteiger partial charge in [0.2, 0.25) is 0 Å². The molecular weight excluding hydrogens is 317 g/mol. The van der Waals surface area contributed by atoms with Gasteiger partial charge in [0.25, 0.3) is 5.91 Å². The van der Waals surface area contributed by atoms with Crippen molar-refractivity contribution in [3.63, 3.8) is 0 Å². The van der Waals surface area contributed by atoms with Gasteiger partial charge in [-0.1, -0.05) is 23.2 Å². The van der Waals surface area contributed by atoms with E-state index < -0.39 is 11.9 Å². The third kappa shape index (κ3) is 3.45. The molecule has 0 atom stereocenters. The minimum atomic E-state index is -1.21. The molecule has 21 heavy (non-hydrogen) atoms. The van der Waals surface area contributed by atoms with Crippen LogP contribution in [-0.4, -0.2) is 22.1 Å². The number of carbonyl (C=O) groups is 2. The maximum absolute atomic E-state index is 12.0. The summed E-state index contributed by atoms with van der Waals surface area (Å²) in [6.07, 6.45) is 0. The molecular formula is C14H9Cl2NO4. The van der Waals surface area contributed by atoms with E-state index in [9.17, 15) is 14.7 Å². The number of aromatic hydroxyl groups is 1. The zero-order valence-corrected chi connectivity index (χ0v) is 11.9. The van der Waals surface area contributed by atoms with Gasteiger partial charge in [0, 0.05) is 10.7 Å². The van der Waals surface area contributed by atoms with Gasteiger partial charge in [-0.25, -0.2) is 4.79 Å². The Morgan fingerprint density at radius 1 is 1.00 bits per heavy atom. The standard InChI is InChI=1S/C14H9Cl2NO4/c15-7-1-4-12(18)10(5-7)13(19)17-8-2-3-11(16)9(6-8)14(20)21/h1-6,18H,(H,17,19)(H,20,21). The minimum Gasteiger partial charge on any atom is -0.507 e. The molecule has 0 saturated carbocycles. The van der Waals surface area contributed by atoms with Crippen molar-refractivity contribution in [2.24, 2.45) is 0 Å². The van der Waals surface area contributed by atoms with Crippen LogP contribution in [-0.2, 0) is 0 Å². The predicted molar refractivity (Wildman–Crippen MR) is 79.5 cm³/mol. The summed E-state index contributed by atoms with van der Waals surface area (Å²) in [6.45, 7) is 0. The number of anilines is 1. The first kappa shape index (κ1) is 15.2. The summed E-state index contributed by atoms with van der Waals surface area (Å²) in [5, 5.41) is 21.4. The van der Waals surface area contributed by atoms with E-state index in [2.05, 4.69) is 5.32 Å². The quantitative estimate of drug-likeness (QED) is 0.803. The van der Waals surface area contributed by atoms with Crippen LogP contribution in [0.3, 0.4) is 0 Å². The van der Waals surface area contributed by atoms with Crippen molar-refractivity contribution in [3.05, 3.63) is 57.6 Å². The van der Waals surface area contributed by atoms with E-state index >= 15 is 0 Å². The van der Waals surface area contributed by atoms with E-state index in [4.69, 9.17) is 28.3 Å². The summed E-state index contributed by atoms with van der Waals surface area (Å²) in [5.41, 5.74) is 0.0836. The first-order chi connectivity index (χ1) is 9.88. The average molecular weight is 326 g/mol. The molecule has 2 rings (SSSR count). The molecule has 0 fully saturated rings. The van der Waals surface area contributed by atoms with Crippen LogP contribution < -0.4 is 5.32 Å². The Balaban J connectivity index is 2.29. The Bertz CT molecular complexity index is 731. The summed E-state index contributed by atoms with van der Waals surface area (Å²) in [7, 11) is 0. The lowest BCUT2D eigenvalue weighted by Crippen LogP contribution is -2.12. The minimum absolute atomic E-state index is 0.0191. The molecule has 3 N–H and O–H groups in total. The highest BCUT2D eigenvalue weighted by atomic mass is 35.5. The molecule has 7 heteroatoms. The van der Waals surface area contributed by atoms with Crippen LogP contribution in [0.1, 0.15) is 20.7 Å². The van der Waals surface area contributed by atoms with Crippen LogP contribution in [0.2, 0.25) is 10.0 Å². The summed E-state index contributed by atoms with van der Waals surface area (Å²) in [5.74, 6) is -2.06. The molecule has 0 aliphatic heterocycles. The van der Waals surface area contributed by atoms with E-state index in [1.165, 1.54) is 36.4 Å². The normalized spacial score (nSPS) is 10.2. The maximum Gasteiger partial charge on any atom is 0.337 e. The zero-order chi connectivity index (χ0) is 15.6. The highest BCUT2D eigenvalue weighted by molar-refractivity contribution is 6.33. The Kier molecular flexibility index (Phi) is 4.35. The van der Waals surface area contributed by atoms with Gasteiger partial charge in [0.15, 0.2) is 0 Å². The van der Waals surface area contributed by atoms with Crippen LogP contribution >= 0.6 is 23.2 Å². The number of benzene rings is 2. The lowest BCUT2D eigenvalue weighted by Gasteiger charge is -2.08. The summed E-state index contributed by atoms with van der Waals surface area (Å²) in [4.78, 5) is 23.0. The number of halogens is 2. The molecule has 0 radical (unpaired) electrons. The number of hydrogen-bond donors (Lipinski definition) is 3. The fraction of sp³-hybridized carbons (Fsp3) is 0. The highest BCUT2D eigenvalue weighted by Gasteiger charge is 2.14. The Hall–Kier alpha value is -2.24. The molecule has 0 heterocycles. The average Bonchev–Trinajstić information content (AvgIpc) is 2.43. The fourth-order valence-corrected chi connectivity index (χ4v) is 2.03. The summed E-state index contributed by atoms with van der Waals surface area (Å²) >= 11 is 11.5. The molecule has 0 unspecified atom stereocenters. The number of phenols is 1. The third-order valence-electron chi connectivity index (χ3n) is 2.66. The largest absolute Gasteiger partial charge is 0.507 e. The molecule has 2 aromatic rings. The van der Waals surface area contributed by atoms with Gasteiger partial charge >= 0.3 is 5.97 Å². The number of amides is 1. The van der Waals surface area contributed by atoms with Crippen molar-refractivity contribution in [1.82, 2.24) is 0 Å². The van der Waals surface area contributed by atoms with E-state index in [1.807, 2.05) is 0 Å². The van der Waals surface area contributed by atoms with Crippen LogP contribution in [0.15, 0.2) is 36.4 Å². The SMILES string of the molecule is O=C(Nc1ccc(Cl)c(C(=O)O)c1)c1cc(Cl)ccc1O. The zero-order valence-electron chi connectivity index (χ0n) is 10.4. The second-order valence-electron chi connectivity index (χ2n) is 4.12. The van der Waals surface area contributed by atoms with E-state index in [-0.39, 0.29) is 27.6 Å². The number of carbonyl (C=O) groups excluding carboxylic acids is 1. The number of nitrogens with one attached hydrogen (secondary N) is 1. The molecule has 0 aliphatic rings. The van der Waals surface area contributed by atoms with Crippen molar-refractivity contribution >= 4 is 40.8 Å². The maximum atomic E-state index is 12.0. The van der Waals surface area contributed by atoms with Gasteiger partial charge in [-0.3, -0.25) is 4.79 Å². The molecule has 0 bridgehead atoms. The van der Waals surface area contributed by atoms with Gasteiger partial charge in [-0.15, -0.1) is 0 Å². The highest BCUT2D eigenvalue weighted by Crippen LogP contribution is 2.24. The molecule has 0 aliphatic carbocycles. The van der Waals surface area contributed by atoms with Crippen LogP contribution in [0.4, 0.5) is 5.69 Å². The number of rotatable bonds is 3. The number of carboxylic acid groups (broad SMARTS) is 1. The van der Waals surface area contributed by atoms with Crippen molar-refractivity contribution in [3.8, 4) is 5.75 Å². The van der Waals surface area contributed by atoms with Gasteiger partial charge < -0.3 is 15.5 Å². The first-order valence-electron chi connectivity index (χ1n) is 5.71. The molecule has 0 aromatic heterocycles. The van der Waals surface area contributed by atoms with Crippen LogP contribution in [0, 0.1) is 0 Å². The lowest BCUT2D eigenvalue weighted by molar-refractivity contribution is 0.0696. The lowest BCUT2D eigenvalue weighted by atomic mass is 10.1. The van der Waals surface area contributed by atoms with Crippen LogP contribution in [0.5, 0.6) is 5.75 Å². The van der Waals surface area contributed by atoms with Crippen molar-refractivity contribution in [2.75, 3.05) is 5.32 Å². The third-order valence-corrected chi connectivity index (χ3v) is 3.22. The molecule has 2 aromatic carbocycles. The molecule has 5 nitrogen and oxygen atoms in total. The fourth-order valence-electron chi connectivity index (χ4n) is 1.66. The van der Waals surface area contributed by atoms with Crippen molar-refractivity contribution < 1.29 is 19.8 Å². The second kappa shape index (κ2) is 6.03. The van der Waals surface area contributed by atoms with Gasteiger partial charge in [-0.05, 0) is 36.4 Å². The number of phenolic OH excluding ortho intramolecular Hbond substituents is 1. The van der Waals surface area contributed by atoms with E-state index in [0.29, 0.717) is 5.02 Å². The molecule has 108 valence electrons. The second-order valence-corrected chi connectivity index (χ2v) is 4.96. The van der Waals surface area contributed by atoms with Gasteiger partial charge in [0.05, 0.1) is 16.1 Å². The number of hydrogen-bond acceptors (Lipinski definition) is 3. The molecule has 1 amide bonds. The van der Waals surface area contributed by atoms with Gasteiger partial charge in [0.1, 0.15) is 5.75 Å². The monoisotopic (exact) mass is 325 g/mol. The van der Waals surface area contributed by atoms with Crippen molar-refractivity contribution in [2.45, 2.75) is 0 Å². The molecule has 0 spiro atoms. The Morgan fingerprint density at radius 2 is 1.71 bits per heavy atom. The van der Waals surface area contributed by atoms with Gasteiger partial charge in [-0.2, -0.15) is 0 Å². The smallest absolute Gasteiger partial charge is 0.337 e. The van der Waals surface area contributed by atoms with E-state index in [1.54, 1.807) is 0 Å². The van der Waals surface area contributed by atoms with Crippen LogP contribution in [0.25, 0.3) is 0 Å². The summed E-state index contributed by atoms with van der Waals surface area (Å²) < 4.78 is 0. The topological polar surface area (TPSA) is 86.6 Å². The van der Waals surface area contributed by atoms with E-state index in [0.717, 1.165) is 0 Å². The predicted octanol–water partition coefficient (Wildman–Crippen LogP) is 3.65.